The number of terminal acetylenes is 1. The monoisotopic (exact) mass is 195 g/mol. The minimum atomic E-state index is -0.565. The summed E-state index contributed by atoms with van der Waals surface area (Å²) in [5, 5.41) is 3.00. The summed E-state index contributed by atoms with van der Waals surface area (Å²) >= 11 is 0. The van der Waals surface area contributed by atoms with Gasteiger partial charge in [0.2, 0.25) is 11.8 Å². The summed E-state index contributed by atoms with van der Waals surface area (Å²) in [5.74, 6) is 1.55. The summed E-state index contributed by atoms with van der Waals surface area (Å²) in [4.78, 5) is 23.9. The van der Waals surface area contributed by atoms with E-state index in [4.69, 9.17) is 12.2 Å². The molecular formula is C9H13N3O2. The molecule has 0 radical (unpaired) electrons. The maximum Gasteiger partial charge on any atom is 0.241 e. The third-order valence-electron chi connectivity index (χ3n) is 2.15. The van der Waals surface area contributed by atoms with Gasteiger partial charge in [-0.25, -0.2) is 0 Å². The Kier molecular flexibility index (Phi) is 3.48. The molecule has 1 heterocycles. The second-order valence-corrected chi connectivity index (χ2v) is 3.09. The van der Waals surface area contributed by atoms with Crippen LogP contribution >= 0.6 is 0 Å². The van der Waals surface area contributed by atoms with Gasteiger partial charge in [0.25, 0.3) is 0 Å². The van der Waals surface area contributed by atoms with E-state index >= 15 is 0 Å². The van der Waals surface area contributed by atoms with Gasteiger partial charge in [0.15, 0.2) is 0 Å². The fraction of sp³-hybridized carbons (Fsp3) is 0.556. The van der Waals surface area contributed by atoms with E-state index in [2.05, 4.69) is 11.2 Å². The third kappa shape index (κ3) is 2.24. The first-order valence-corrected chi connectivity index (χ1v) is 4.39. The first kappa shape index (κ1) is 10.5. The largest absolute Gasteiger partial charge is 0.368 e. The van der Waals surface area contributed by atoms with Crippen molar-refractivity contribution in [2.24, 2.45) is 5.73 Å². The molecule has 14 heavy (non-hydrogen) atoms. The SMILES string of the molecule is C#CCC(=O)N1CCNCC1C(N)=O. The number of nitrogens with two attached hydrogens (primary N) is 1. The van der Waals surface area contributed by atoms with Crippen LogP contribution in [0.1, 0.15) is 6.42 Å². The van der Waals surface area contributed by atoms with Crippen LogP contribution in [0.25, 0.3) is 0 Å². The van der Waals surface area contributed by atoms with Gasteiger partial charge < -0.3 is 16.0 Å². The lowest BCUT2D eigenvalue weighted by molar-refractivity contribution is -0.139. The summed E-state index contributed by atoms with van der Waals surface area (Å²) in [6.07, 6.45) is 5.05. The highest BCUT2D eigenvalue weighted by molar-refractivity contribution is 5.87. The van der Waals surface area contributed by atoms with Crippen molar-refractivity contribution in [1.82, 2.24) is 10.2 Å². The van der Waals surface area contributed by atoms with Gasteiger partial charge in [-0.15, -0.1) is 6.42 Å². The minimum absolute atomic E-state index is 0.0176. The van der Waals surface area contributed by atoms with E-state index in [0.29, 0.717) is 19.6 Å². The van der Waals surface area contributed by atoms with Crippen LogP contribution in [0, 0.1) is 12.3 Å². The predicted octanol–water partition coefficient (Wildman–Crippen LogP) is -1.70. The summed E-state index contributed by atoms with van der Waals surface area (Å²) in [5.41, 5.74) is 5.17. The first-order valence-electron chi connectivity index (χ1n) is 4.39. The molecule has 5 nitrogen and oxygen atoms in total. The van der Waals surface area contributed by atoms with E-state index in [-0.39, 0.29) is 12.3 Å². The Morgan fingerprint density at radius 3 is 2.93 bits per heavy atom. The van der Waals surface area contributed by atoms with Gasteiger partial charge in [-0.1, -0.05) is 5.92 Å². The average molecular weight is 195 g/mol. The molecule has 0 saturated carbocycles. The van der Waals surface area contributed by atoms with Gasteiger partial charge in [0.05, 0.1) is 6.42 Å². The molecule has 0 spiro atoms. The number of carbonyl (C=O) groups excluding carboxylic acids is 2. The van der Waals surface area contributed by atoms with Gasteiger partial charge in [0.1, 0.15) is 6.04 Å². The molecule has 0 aromatic rings. The molecule has 1 fully saturated rings. The molecule has 3 N–H and O–H groups in total. The van der Waals surface area contributed by atoms with Crippen LogP contribution in [0.5, 0.6) is 0 Å². The number of nitrogens with zero attached hydrogens (tertiary/aromatic N) is 1. The molecule has 1 rings (SSSR count). The lowest BCUT2D eigenvalue weighted by atomic mass is 10.1. The van der Waals surface area contributed by atoms with Gasteiger partial charge >= 0.3 is 0 Å². The number of rotatable bonds is 2. The van der Waals surface area contributed by atoms with Crippen molar-refractivity contribution in [1.29, 1.82) is 0 Å². The number of hydrogen-bond donors (Lipinski definition) is 2. The van der Waals surface area contributed by atoms with E-state index in [0.717, 1.165) is 0 Å². The fourth-order valence-corrected chi connectivity index (χ4v) is 1.45. The number of amides is 2. The molecule has 76 valence electrons. The summed E-state index contributed by atoms with van der Waals surface area (Å²) in [6, 6.07) is -0.565. The first-order chi connectivity index (χ1) is 6.66. The van der Waals surface area contributed by atoms with Crippen molar-refractivity contribution in [3.05, 3.63) is 0 Å². The van der Waals surface area contributed by atoms with Crippen molar-refractivity contribution < 1.29 is 9.59 Å². The van der Waals surface area contributed by atoms with Crippen LogP contribution in [0.2, 0.25) is 0 Å². The summed E-state index contributed by atoms with van der Waals surface area (Å²) < 4.78 is 0. The van der Waals surface area contributed by atoms with Crippen molar-refractivity contribution in [2.75, 3.05) is 19.6 Å². The van der Waals surface area contributed by atoms with E-state index < -0.39 is 11.9 Å². The topological polar surface area (TPSA) is 75.4 Å². The average Bonchev–Trinajstić information content (AvgIpc) is 2.18. The highest BCUT2D eigenvalue weighted by atomic mass is 16.2. The molecule has 0 aliphatic carbocycles. The normalized spacial score (nSPS) is 21.4. The Balaban J connectivity index is 2.68. The molecule has 2 amide bonds. The number of piperazine rings is 1. The molecule has 0 bridgehead atoms. The third-order valence-corrected chi connectivity index (χ3v) is 2.15. The molecule has 0 aromatic heterocycles. The van der Waals surface area contributed by atoms with E-state index in [1.54, 1.807) is 0 Å². The van der Waals surface area contributed by atoms with Gasteiger partial charge in [-0.3, -0.25) is 9.59 Å². The summed E-state index contributed by atoms with van der Waals surface area (Å²) in [6.45, 7) is 1.56. The Morgan fingerprint density at radius 1 is 1.64 bits per heavy atom. The molecule has 1 aliphatic heterocycles. The number of primary amides is 1. The lowest BCUT2D eigenvalue weighted by Crippen LogP contribution is -2.58. The Labute approximate surface area is 82.6 Å². The highest BCUT2D eigenvalue weighted by Gasteiger charge is 2.29. The van der Waals surface area contributed by atoms with Crippen LogP contribution < -0.4 is 11.1 Å². The van der Waals surface area contributed by atoms with Crippen molar-refractivity contribution >= 4 is 11.8 Å². The maximum atomic E-state index is 11.5. The Morgan fingerprint density at radius 2 is 2.36 bits per heavy atom. The van der Waals surface area contributed by atoms with E-state index in [9.17, 15) is 9.59 Å². The van der Waals surface area contributed by atoms with Crippen LogP contribution in [-0.4, -0.2) is 42.4 Å². The fourth-order valence-electron chi connectivity index (χ4n) is 1.45. The van der Waals surface area contributed by atoms with Gasteiger partial charge in [-0.2, -0.15) is 0 Å². The molecular weight excluding hydrogens is 182 g/mol. The molecule has 5 heteroatoms. The van der Waals surface area contributed by atoms with E-state index in [1.165, 1.54) is 4.90 Å². The second kappa shape index (κ2) is 4.63. The Bertz CT molecular complexity index is 282. The number of hydrogen-bond acceptors (Lipinski definition) is 3. The highest BCUT2D eigenvalue weighted by Crippen LogP contribution is 2.04. The zero-order valence-corrected chi connectivity index (χ0v) is 7.82. The molecule has 1 atom stereocenters. The van der Waals surface area contributed by atoms with Crippen LogP contribution in [0.15, 0.2) is 0 Å². The molecule has 0 aromatic carbocycles. The summed E-state index contributed by atoms with van der Waals surface area (Å²) in [7, 11) is 0. The number of carbonyl (C=O) groups is 2. The van der Waals surface area contributed by atoms with E-state index in [1.807, 2.05) is 0 Å². The predicted molar refractivity (Wildman–Crippen MR) is 51.0 cm³/mol. The van der Waals surface area contributed by atoms with Crippen molar-refractivity contribution in [3.8, 4) is 12.3 Å². The lowest BCUT2D eigenvalue weighted by Gasteiger charge is -2.33. The second-order valence-electron chi connectivity index (χ2n) is 3.09. The molecule has 1 aliphatic rings. The van der Waals surface area contributed by atoms with Crippen LogP contribution in [0.4, 0.5) is 0 Å². The Hall–Kier alpha value is -1.54. The minimum Gasteiger partial charge on any atom is -0.368 e. The van der Waals surface area contributed by atoms with Crippen molar-refractivity contribution in [3.63, 3.8) is 0 Å². The maximum absolute atomic E-state index is 11.5. The quantitative estimate of drug-likeness (QED) is 0.515. The number of nitrogens with one attached hydrogen (secondary N) is 1. The van der Waals surface area contributed by atoms with Crippen LogP contribution in [-0.2, 0) is 9.59 Å². The molecule has 1 unspecified atom stereocenters. The zero-order chi connectivity index (χ0) is 10.6. The van der Waals surface area contributed by atoms with Gasteiger partial charge in [0, 0.05) is 19.6 Å². The standard InChI is InChI=1S/C9H13N3O2/c1-2-3-8(13)12-5-4-11-6-7(12)9(10)14/h1,7,11H,3-6H2,(H2,10,14). The smallest absolute Gasteiger partial charge is 0.241 e. The van der Waals surface area contributed by atoms with Crippen molar-refractivity contribution in [2.45, 2.75) is 12.5 Å². The van der Waals surface area contributed by atoms with Crippen LogP contribution in [0.3, 0.4) is 0 Å². The molecule has 1 saturated heterocycles. The zero-order valence-electron chi connectivity index (χ0n) is 7.82. The van der Waals surface area contributed by atoms with Gasteiger partial charge in [-0.05, 0) is 0 Å².